The SMILES string of the molecule is CC(C)(C)OC(=O)Nc1ccc2c(=O)[nH]cc(I)c2c1. The molecule has 5 nitrogen and oxygen atoms in total. The minimum atomic E-state index is -0.549. The van der Waals surface area contributed by atoms with E-state index in [9.17, 15) is 9.59 Å². The Kier molecular flexibility index (Phi) is 4.03. The predicted octanol–water partition coefficient (Wildman–Crippen LogP) is 3.48. The maximum Gasteiger partial charge on any atom is 0.412 e. The lowest BCUT2D eigenvalue weighted by atomic mass is 10.1. The number of ether oxygens (including phenoxy) is 1. The van der Waals surface area contributed by atoms with E-state index in [1.807, 2.05) is 0 Å². The first kappa shape index (κ1) is 14.8. The molecule has 0 fully saturated rings. The Morgan fingerprint density at radius 3 is 2.65 bits per heavy atom. The van der Waals surface area contributed by atoms with Gasteiger partial charge in [0, 0.05) is 26.2 Å². The quantitative estimate of drug-likeness (QED) is 0.738. The van der Waals surface area contributed by atoms with Crippen molar-refractivity contribution < 1.29 is 9.53 Å². The van der Waals surface area contributed by atoms with Crippen molar-refractivity contribution in [2.24, 2.45) is 0 Å². The van der Waals surface area contributed by atoms with Crippen LogP contribution in [0.25, 0.3) is 10.8 Å². The molecule has 2 N–H and O–H groups in total. The van der Waals surface area contributed by atoms with Gasteiger partial charge in [-0.05, 0) is 61.6 Å². The molecular formula is C14H15IN2O3. The molecule has 6 heteroatoms. The van der Waals surface area contributed by atoms with E-state index in [-0.39, 0.29) is 5.56 Å². The summed E-state index contributed by atoms with van der Waals surface area (Å²) in [4.78, 5) is 26.1. The zero-order valence-corrected chi connectivity index (χ0v) is 13.6. The van der Waals surface area contributed by atoms with Gasteiger partial charge in [-0.15, -0.1) is 0 Å². The van der Waals surface area contributed by atoms with Gasteiger partial charge in [-0.2, -0.15) is 0 Å². The standard InChI is InChI=1S/C14H15IN2O3/c1-14(2,3)20-13(19)17-8-4-5-9-10(6-8)11(15)7-16-12(9)18/h4-7H,1-3H3,(H,16,18)(H,17,19). The van der Waals surface area contributed by atoms with Crippen molar-refractivity contribution in [2.75, 3.05) is 5.32 Å². The number of aromatic amines is 1. The lowest BCUT2D eigenvalue weighted by Crippen LogP contribution is -2.27. The van der Waals surface area contributed by atoms with E-state index >= 15 is 0 Å². The number of pyridine rings is 1. The van der Waals surface area contributed by atoms with Crippen LogP contribution in [0.2, 0.25) is 0 Å². The molecule has 106 valence electrons. The van der Waals surface area contributed by atoms with Gasteiger partial charge in [-0.25, -0.2) is 4.79 Å². The van der Waals surface area contributed by atoms with Crippen LogP contribution in [0.3, 0.4) is 0 Å². The van der Waals surface area contributed by atoms with Crippen molar-refractivity contribution in [3.63, 3.8) is 0 Å². The number of H-pyrrole nitrogens is 1. The lowest BCUT2D eigenvalue weighted by molar-refractivity contribution is 0.0636. The van der Waals surface area contributed by atoms with Crippen LogP contribution in [0.1, 0.15) is 20.8 Å². The number of hydrogen-bond donors (Lipinski definition) is 2. The molecule has 2 aromatic rings. The van der Waals surface area contributed by atoms with Crippen molar-refractivity contribution in [1.29, 1.82) is 0 Å². The molecule has 0 bridgehead atoms. The van der Waals surface area contributed by atoms with Crippen LogP contribution < -0.4 is 10.9 Å². The molecule has 0 aliphatic rings. The number of carbonyl (C=O) groups excluding carboxylic acids is 1. The van der Waals surface area contributed by atoms with E-state index in [1.54, 1.807) is 45.2 Å². The summed E-state index contributed by atoms with van der Waals surface area (Å²) in [5.74, 6) is 0. The number of benzene rings is 1. The molecular weight excluding hydrogens is 371 g/mol. The third-order valence-corrected chi connectivity index (χ3v) is 3.39. The van der Waals surface area contributed by atoms with Gasteiger partial charge in [0.2, 0.25) is 0 Å². The number of anilines is 1. The first-order chi connectivity index (χ1) is 9.26. The smallest absolute Gasteiger partial charge is 0.412 e. The van der Waals surface area contributed by atoms with E-state index in [0.717, 1.165) is 8.96 Å². The van der Waals surface area contributed by atoms with Gasteiger partial charge in [0.05, 0.1) is 0 Å². The fourth-order valence-corrected chi connectivity index (χ4v) is 2.33. The van der Waals surface area contributed by atoms with Gasteiger partial charge >= 0.3 is 6.09 Å². The van der Waals surface area contributed by atoms with E-state index < -0.39 is 11.7 Å². The average Bonchev–Trinajstić information content (AvgIpc) is 2.31. The van der Waals surface area contributed by atoms with Crippen LogP contribution in [0.5, 0.6) is 0 Å². The maximum atomic E-state index is 11.7. The van der Waals surface area contributed by atoms with Crippen molar-refractivity contribution in [3.8, 4) is 0 Å². The monoisotopic (exact) mass is 386 g/mol. The Morgan fingerprint density at radius 2 is 2.00 bits per heavy atom. The molecule has 0 atom stereocenters. The number of hydrogen-bond acceptors (Lipinski definition) is 3. The number of rotatable bonds is 1. The highest BCUT2D eigenvalue weighted by Gasteiger charge is 2.16. The van der Waals surface area contributed by atoms with Crippen molar-refractivity contribution in [1.82, 2.24) is 4.98 Å². The summed E-state index contributed by atoms with van der Waals surface area (Å²) in [7, 11) is 0. The van der Waals surface area contributed by atoms with Gasteiger partial charge in [-0.3, -0.25) is 10.1 Å². The predicted molar refractivity (Wildman–Crippen MR) is 87.1 cm³/mol. The molecule has 1 amide bonds. The average molecular weight is 386 g/mol. The molecule has 0 aliphatic heterocycles. The van der Waals surface area contributed by atoms with E-state index in [1.165, 1.54) is 0 Å². The van der Waals surface area contributed by atoms with Gasteiger partial charge in [0.1, 0.15) is 5.60 Å². The van der Waals surface area contributed by atoms with Crippen LogP contribution in [-0.2, 0) is 4.74 Å². The summed E-state index contributed by atoms with van der Waals surface area (Å²) >= 11 is 2.13. The summed E-state index contributed by atoms with van der Waals surface area (Å²) in [6, 6.07) is 5.12. The molecule has 0 unspecified atom stereocenters. The lowest BCUT2D eigenvalue weighted by Gasteiger charge is -2.19. The second-order valence-corrected chi connectivity index (χ2v) is 6.52. The largest absolute Gasteiger partial charge is 0.444 e. The van der Waals surface area contributed by atoms with Gasteiger partial charge in [0.15, 0.2) is 0 Å². The zero-order chi connectivity index (χ0) is 14.9. The van der Waals surface area contributed by atoms with Crippen LogP contribution in [-0.4, -0.2) is 16.7 Å². The number of halogens is 1. The number of aromatic nitrogens is 1. The summed E-state index contributed by atoms with van der Waals surface area (Å²) < 4.78 is 6.10. The third-order valence-electron chi connectivity index (χ3n) is 2.50. The number of fused-ring (bicyclic) bond motifs is 1. The molecule has 20 heavy (non-hydrogen) atoms. The van der Waals surface area contributed by atoms with Gasteiger partial charge < -0.3 is 9.72 Å². The zero-order valence-electron chi connectivity index (χ0n) is 11.4. The summed E-state index contributed by atoms with van der Waals surface area (Å²) in [6.45, 7) is 5.40. The topological polar surface area (TPSA) is 71.2 Å². The minimum absolute atomic E-state index is 0.149. The van der Waals surface area contributed by atoms with Gasteiger partial charge in [0.25, 0.3) is 5.56 Å². The van der Waals surface area contributed by atoms with Crippen molar-refractivity contribution in [2.45, 2.75) is 26.4 Å². The Morgan fingerprint density at radius 1 is 1.30 bits per heavy atom. The minimum Gasteiger partial charge on any atom is -0.444 e. The molecule has 1 aromatic carbocycles. The molecule has 0 saturated heterocycles. The number of nitrogens with one attached hydrogen (secondary N) is 2. The second kappa shape index (κ2) is 5.43. The fraction of sp³-hybridized carbons (Fsp3) is 0.286. The van der Waals surface area contributed by atoms with Crippen LogP contribution in [0.15, 0.2) is 29.2 Å². The number of carbonyl (C=O) groups is 1. The third kappa shape index (κ3) is 3.50. The second-order valence-electron chi connectivity index (χ2n) is 5.35. The van der Waals surface area contributed by atoms with Crippen molar-refractivity contribution >= 4 is 45.1 Å². The van der Waals surface area contributed by atoms with Gasteiger partial charge in [-0.1, -0.05) is 0 Å². The molecule has 0 radical (unpaired) electrons. The number of amides is 1. The van der Waals surface area contributed by atoms with Crippen LogP contribution in [0, 0.1) is 3.57 Å². The highest BCUT2D eigenvalue weighted by molar-refractivity contribution is 14.1. The molecule has 0 spiro atoms. The maximum absolute atomic E-state index is 11.7. The Balaban J connectivity index is 2.31. The molecule has 1 aromatic heterocycles. The first-order valence-electron chi connectivity index (χ1n) is 6.07. The Labute approximate surface area is 129 Å². The fourth-order valence-electron chi connectivity index (χ4n) is 1.72. The molecule has 2 rings (SSSR count). The highest BCUT2D eigenvalue weighted by Crippen LogP contribution is 2.21. The molecule has 0 saturated carbocycles. The van der Waals surface area contributed by atoms with E-state index in [2.05, 4.69) is 32.9 Å². The van der Waals surface area contributed by atoms with E-state index in [0.29, 0.717) is 11.1 Å². The first-order valence-corrected chi connectivity index (χ1v) is 7.15. The summed E-state index contributed by atoms with van der Waals surface area (Å²) in [5, 5.41) is 4.04. The molecule has 0 aliphatic carbocycles. The van der Waals surface area contributed by atoms with Crippen LogP contribution in [0.4, 0.5) is 10.5 Å². The molecule has 1 heterocycles. The highest BCUT2D eigenvalue weighted by atomic mass is 127. The van der Waals surface area contributed by atoms with Crippen molar-refractivity contribution in [3.05, 3.63) is 38.3 Å². The Bertz CT molecular complexity index is 716. The van der Waals surface area contributed by atoms with E-state index in [4.69, 9.17) is 4.74 Å². The Hall–Kier alpha value is -1.57. The summed E-state index contributed by atoms with van der Waals surface area (Å²) in [6.07, 6.45) is 1.12. The van der Waals surface area contributed by atoms with Crippen LogP contribution >= 0.6 is 22.6 Å². The summed E-state index contributed by atoms with van der Waals surface area (Å²) in [5.41, 5.74) is -0.105. The normalized spacial score (nSPS) is 11.4.